The maximum atomic E-state index is 13.5. The molecule has 5 atom stereocenters. The number of likely N-dealkylation sites (tertiary alicyclic amines) is 1. The molecule has 2 fully saturated rings. The first-order chi connectivity index (χ1) is 18.6. The van der Waals surface area contributed by atoms with Gasteiger partial charge >= 0.3 is 0 Å². The van der Waals surface area contributed by atoms with Gasteiger partial charge in [-0.2, -0.15) is 0 Å². The molecule has 0 radical (unpaired) electrons. The highest BCUT2D eigenvalue weighted by molar-refractivity contribution is 5.77. The summed E-state index contributed by atoms with van der Waals surface area (Å²) in [5.74, 6) is -0.0809. The quantitative estimate of drug-likeness (QED) is 0.318. The molecule has 39 heavy (non-hydrogen) atoms. The van der Waals surface area contributed by atoms with E-state index in [-0.39, 0.29) is 41.6 Å². The van der Waals surface area contributed by atoms with Gasteiger partial charge in [0.2, 0.25) is 5.91 Å². The molecule has 1 spiro atoms. The Balaban J connectivity index is 1.40. The maximum absolute atomic E-state index is 13.5. The SMILES string of the molecule is C=CCN1CC[C@]23c4c5c([N+](=O)[O-])cc(O)c4OC2C(N(C)C(=O)CCc2cccc(C)c2)CC[C@@]3(O)[C@H]1C5. The van der Waals surface area contributed by atoms with Crippen LogP contribution in [0.25, 0.3) is 0 Å². The lowest BCUT2D eigenvalue weighted by Crippen LogP contribution is -2.78. The fourth-order valence-electron chi connectivity index (χ4n) is 8.10. The van der Waals surface area contributed by atoms with Gasteiger partial charge in [0.1, 0.15) is 6.10 Å². The predicted octanol–water partition coefficient (Wildman–Crippen LogP) is 3.41. The fourth-order valence-corrected chi connectivity index (χ4v) is 8.10. The van der Waals surface area contributed by atoms with Crippen LogP contribution in [0.4, 0.5) is 5.69 Å². The summed E-state index contributed by atoms with van der Waals surface area (Å²) in [7, 11) is 1.78. The zero-order valence-corrected chi connectivity index (χ0v) is 22.4. The van der Waals surface area contributed by atoms with Gasteiger partial charge in [0.15, 0.2) is 11.5 Å². The van der Waals surface area contributed by atoms with Crippen LogP contribution in [0.3, 0.4) is 0 Å². The lowest BCUT2D eigenvalue weighted by molar-refractivity contribution is -0.386. The van der Waals surface area contributed by atoms with E-state index in [9.17, 15) is 25.1 Å². The molecule has 206 valence electrons. The number of hydrogen-bond donors (Lipinski definition) is 2. The smallest absolute Gasteiger partial charge is 0.276 e. The van der Waals surface area contributed by atoms with E-state index in [0.717, 1.165) is 11.1 Å². The third-order valence-electron chi connectivity index (χ3n) is 9.81. The van der Waals surface area contributed by atoms with Crippen molar-refractivity contribution in [2.45, 2.75) is 74.7 Å². The number of rotatable bonds is 7. The molecule has 2 aromatic carbocycles. The minimum atomic E-state index is -1.22. The number of piperidine rings is 1. The average molecular weight is 534 g/mol. The van der Waals surface area contributed by atoms with Gasteiger partial charge in [-0.3, -0.25) is 19.8 Å². The first-order valence-electron chi connectivity index (χ1n) is 13.7. The molecule has 4 aliphatic rings. The standard InChI is InChI=1S/C30H35N3O6/c1-4-13-32-14-12-29-26-20-16-24(32)30(29,36)11-10-21(28(29)39-27(26)23(34)17-22(20)33(37)38)31(3)25(35)9-8-19-7-5-6-18(2)15-19/h4-7,15,17,21,24,28,34,36H,1,8-14,16H2,2-3H3/t21?,24-,28?,29+,30-/m1/s1. The van der Waals surface area contributed by atoms with Gasteiger partial charge in [-0.1, -0.05) is 35.9 Å². The third-order valence-corrected chi connectivity index (χ3v) is 9.81. The van der Waals surface area contributed by atoms with Gasteiger partial charge in [0, 0.05) is 37.2 Å². The van der Waals surface area contributed by atoms with E-state index in [1.807, 2.05) is 25.1 Å². The van der Waals surface area contributed by atoms with Crippen LogP contribution in [0.1, 0.15) is 47.9 Å². The Bertz CT molecular complexity index is 1380. The number of amides is 1. The minimum Gasteiger partial charge on any atom is -0.504 e. The molecule has 2 aliphatic carbocycles. The molecule has 2 aliphatic heterocycles. The summed E-state index contributed by atoms with van der Waals surface area (Å²) in [6, 6.07) is 8.59. The molecule has 2 unspecified atom stereocenters. The van der Waals surface area contributed by atoms with Gasteiger partial charge in [-0.25, -0.2) is 0 Å². The van der Waals surface area contributed by atoms with E-state index in [1.165, 1.54) is 6.07 Å². The predicted molar refractivity (Wildman–Crippen MR) is 145 cm³/mol. The van der Waals surface area contributed by atoms with Crippen molar-refractivity contribution in [3.63, 3.8) is 0 Å². The summed E-state index contributed by atoms with van der Waals surface area (Å²) in [5.41, 5.74) is 1.01. The molecule has 2 aromatic rings. The summed E-state index contributed by atoms with van der Waals surface area (Å²) in [5, 5.41) is 35.5. The molecule has 2 heterocycles. The first kappa shape index (κ1) is 25.8. The second kappa shape index (κ2) is 9.06. The van der Waals surface area contributed by atoms with Crippen LogP contribution in [0.15, 0.2) is 43.0 Å². The molecule has 1 saturated carbocycles. The lowest BCUT2D eigenvalue weighted by Gasteiger charge is -2.64. The van der Waals surface area contributed by atoms with Gasteiger partial charge in [0.05, 0.1) is 28.0 Å². The Morgan fingerprint density at radius 2 is 2.15 bits per heavy atom. The Labute approximate surface area is 227 Å². The van der Waals surface area contributed by atoms with Gasteiger partial charge in [-0.05, 0) is 51.1 Å². The molecule has 1 amide bonds. The monoisotopic (exact) mass is 533 g/mol. The molecule has 1 saturated heterocycles. The Hall–Kier alpha value is -3.43. The zero-order valence-electron chi connectivity index (χ0n) is 22.4. The Morgan fingerprint density at radius 1 is 1.36 bits per heavy atom. The van der Waals surface area contributed by atoms with Crippen LogP contribution in [-0.2, 0) is 23.1 Å². The van der Waals surface area contributed by atoms with Crippen LogP contribution >= 0.6 is 0 Å². The van der Waals surface area contributed by atoms with E-state index in [0.29, 0.717) is 56.3 Å². The van der Waals surface area contributed by atoms with Crippen molar-refractivity contribution >= 4 is 11.6 Å². The summed E-state index contributed by atoms with van der Waals surface area (Å²) in [6.45, 7) is 7.12. The number of benzene rings is 2. The van der Waals surface area contributed by atoms with Crippen LogP contribution in [-0.4, -0.2) is 74.8 Å². The van der Waals surface area contributed by atoms with Crippen molar-refractivity contribution in [1.29, 1.82) is 0 Å². The number of carbonyl (C=O) groups is 1. The van der Waals surface area contributed by atoms with Crippen molar-refractivity contribution in [3.8, 4) is 11.5 Å². The Kier molecular flexibility index (Phi) is 6.00. The molecule has 0 aromatic heterocycles. The highest BCUT2D eigenvalue weighted by Gasteiger charge is 2.74. The maximum Gasteiger partial charge on any atom is 0.276 e. The van der Waals surface area contributed by atoms with E-state index in [1.54, 1.807) is 18.0 Å². The number of aromatic hydroxyl groups is 1. The molecular formula is C30H35N3O6. The van der Waals surface area contributed by atoms with E-state index < -0.39 is 22.0 Å². The highest BCUT2D eigenvalue weighted by atomic mass is 16.6. The van der Waals surface area contributed by atoms with Crippen molar-refractivity contribution in [2.24, 2.45) is 0 Å². The van der Waals surface area contributed by atoms with Crippen LogP contribution in [0.2, 0.25) is 0 Å². The molecule has 9 heteroatoms. The number of hydrogen-bond acceptors (Lipinski definition) is 7. The highest BCUT2D eigenvalue weighted by Crippen LogP contribution is 2.67. The van der Waals surface area contributed by atoms with Crippen LogP contribution < -0.4 is 4.74 Å². The number of carbonyl (C=O) groups excluding carboxylic acids is 1. The number of phenols is 1. The largest absolute Gasteiger partial charge is 0.504 e. The number of nitro groups is 1. The van der Waals surface area contributed by atoms with Crippen molar-refractivity contribution < 1.29 is 24.7 Å². The number of nitro benzene ring substituents is 1. The normalized spacial score (nSPS) is 30.3. The fraction of sp³-hybridized carbons (Fsp3) is 0.500. The topological polar surface area (TPSA) is 116 Å². The number of likely N-dealkylation sites (N-methyl/N-ethyl adjacent to an activating group) is 1. The van der Waals surface area contributed by atoms with Gasteiger partial charge in [-0.15, -0.1) is 6.58 Å². The molecule has 6 rings (SSSR count). The summed E-state index contributed by atoms with van der Waals surface area (Å²) < 4.78 is 6.50. The average Bonchev–Trinajstić information content (AvgIpc) is 3.25. The summed E-state index contributed by atoms with van der Waals surface area (Å²) >= 11 is 0. The third kappa shape index (κ3) is 3.55. The van der Waals surface area contributed by atoms with E-state index in [2.05, 4.69) is 17.5 Å². The molecule has 9 nitrogen and oxygen atoms in total. The van der Waals surface area contributed by atoms with Crippen LogP contribution in [0.5, 0.6) is 11.5 Å². The van der Waals surface area contributed by atoms with Crippen molar-refractivity contribution in [3.05, 3.63) is 75.4 Å². The van der Waals surface area contributed by atoms with E-state index >= 15 is 0 Å². The second-order valence-corrected chi connectivity index (χ2v) is 11.6. The summed E-state index contributed by atoms with van der Waals surface area (Å²) in [4.78, 5) is 29.0. The second-order valence-electron chi connectivity index (χ2n) is 11.6. The van der Waals surface area contributed by atoms with Crippen molar-refractivity contribution in [2.75, 3.05) is 20.1 Å². The summed E-state index contributed by atoms with van der Waals surface area (Å²) in [6.07, 6.45) is 3.87. The number of aliphatic hydroxyl groups is 1. The number of ether oxygens (including phenoxy) is 1. The van der Waals surface area contributed by atoms with Crippen LogP contribution in [0, 0.1) is 17.0 Å². The number of nitrogens with zero attached hydrogens (tertiary/aromatic N) is 3. The first-order valence-corrected chi connectivity index (χ1v) is 13.7. The number of aryl methyl sites for hydroxylation is 2. The van der Waals surface area contributed by atoms with Crippen molar-refractivity contribution in [1.82, 2.24) is 9.80 Å². The van der Waals surface area contributed by atoms with Gasteiger partial charge < -0.3 is 19.8 Å². The van der Waals surface area contributed by atoms with Gasteiger partial charge in [0.25, 0.3) is 5.69 Å². The molecule has 2 N–H and O–H groups in total. The van der Waals surface area contributed by atoms with E-state index in [4.69, 9.17) is 4.74 Å². The zero-order chi connectivity index (χ0) is 27.7. The minimum absolute atomic E-state index is 0.0187. The lowest BCUT2D eigenvalue weighted by atomic mass is 9.48. The molecule has 2 bridgehead atoms. The molecular weight excluding hydrogens is 498 g/mol. The Morgan fingerprint density at radius 3 is 2.87 bits per heavy atom. The number of phenolic OH excluding ortho intramolecular Hbond substituents is 1.